The van der Waals surface area contributed by atoms with Crippen molar-refractivity contribution in [3.63, 3.8) is 0 Å². The zero-order valence-electron chi connectivity index (χ0n) is 16.9. The first-order valence-electron chi connectivity index (χ1n) is 9.40. The van der Waals surface area contributed by atoms with Gasteiger partial charge in [0.1, 0.15) is 17.4 Å². The van der Waals surface area contributed by atoms with Crippen LogP contribution < -0.4 is 15.7 Å². The highest BCUT2D eigenvalue weighted by atomic mass is 16.5. The van der Waals surface area contributed by atoms with Crippen LogP contribution in [0.3, 0.4) is 0 Å². The number of aliphatic carboxylic acids is 1. The second-order valence-corrected chi connectivity index (χ2v) is 7.01. The number of fused-ring (bicyclic) bond motifs is 1. The molecule has 2 unspecified atom stereocenters. The second kappa shape index (κ2) is 8.91. The number of rotatable bonds is 8. The van der Waals surface area contributed by atoms with Crippen molar-refractivity contribution in [2.24, 2.45) is 0 Å². The van der Waals surface area contributed by atoms with Crippen molar-refractivity contribution in [1.29, 1.82) is 0 Å². The van der Waals surface area contributed by atoms with Crippen LogP contribution in [-0.4, -0.2) is 29.1 Å². The van der Waals surface area contributed by atoms with Crippen molar-refractivity contribution in [2.75, 3.05) is 0 Å². The minimum absolute atomic E-state index is 0.364. The van der Waals surface area contributed by atoms with Crippen LogP contribution in [0.15, 0.2) is 21.3 Å². The fourth-order valence-corrected chi connectivity index (χ4v) is 2.95. The van der Waals surface area contributed by atoms with Gasteiger partial charge in [-0.2, -0.15) is 0 Å². The Morgan fingerprint density at radius 2 is 1.86 bits per heavy atom. The number of benzene rings is 1. The molecule has 0 radical (unpaired) electrons. The Labute approximate surface area is 163 Å². The van der Waals surface area contributed by atoms with Crippen LogP contribution in [0.2, 0.25) is 0 Å². The minimum atomic E-state index is -1.07. The number of hydrogen-bond acceptors (Lipinski definition) is 5. The molecule has 1 aromatic carbocycles. The molecule has 7 nitrogen and oxygen atoms in total. The summed E-state index contributed by atoms with van der Waals surface area (Å²) in [4.78, 5) is 35.7. The van der Waals surface area contributed by atoms with Gasteiger partial charge in [0.2, 0.25) is 0 Å². The number of carbonyl (C=O) groups excluding carboxylic acids is 1. The van der Waals surface area contributed by atoms with E-state index in [0.717, 1.165) is 17.4 Å². The van der Waals surface area contributed by atoms with E-state index in [-0.39, 0.29) is 0 Å². The number of aryl methyl sites for hydroxylation is 2. The van der Waals surface area contributed by atoms with E-state index in [0.29, 0.717) is 35.3 Å². The minimum Gasteiger partial charge on any atom is -0.480 e. The molecule has 2 N–H and O–H groups in total. The number of carbonyl (C=O) groups is 2. The highest BCUT2D eigenvalue weighted by Gasteiger charge is 2.24. The molecule has 7 heteroatoms. The number of amides is 1. The van der Waals surface area contributed by atoms with Crippen molar-refractivity contribution in [3.05, 3.63) is 39.2 Å². The number of carboxylic acids is 1. The molecule has 28 heavy (non-hydrogen) atoms. The van der Waals surface area contributed by atoms with E-state index < -0.39 is 29.6 Å². The Balaban J connectivity index is 2.22. The molecule has 2 rings (SSSR count). The molecule has 2 atom stereocenters. The zero-order valence-corrected chi connectivity index (χ0v) is 16.9. The normalized spacial score (nSPS) is 13.2. The lowest BCUT2D eigenvalue weighted by atomic mass is 10.0. The quantitative estimate of drug-likeness (QED) is 0.672. The summed E-state index contributed by atoms with van der Waals surface area (Å²) in [5.41, 5.74) is 2.02. The van der Waals surface area contributed by atoms with Crippen molar-refractivity contribution in [3.8, 4) is 5.75 Å². The standard InChI is InChI=1S/C21H27NO6/c1-6-7-8-16(20(24)25)22-19(23)14(5)27-17-10-9-15-11(2)12(3)21(26)28-18(15)13(17)4/h9-10,14,16H,6-8H2,1-5H3,(H,22,23)(H,24,25). The first kappa shape index (κ1) is 21.5. The number of nitrogens with one attached hydrogen (secondary N) is 1. The van der Waals surface area contributed by atoms with E-state index in [1.165, 1.54) is 0 Å². The molecule has 0 spiro atoms. The van der Waals surface area contributed by atoms with Gasteiger partial charge in [-0.1, -0.05) is 19.8 Å². The number of unbranched alkanes of at least 4 members (excludes halogenated alkanes) is 1. The highest BCUT2D eigenvalue weighted by Crippen LogP contribution is 2.29. The summed E-state index contributed by atoms with van der Waals surface area (Å²) in [6, 6.07) is 2.56. The van der Waals surface area contributed by atoms with E-state index >= 15 is 0 Å². The maximum atomic E-state index is 12.4. The van der Waals surface area contributed by atoms with Gasteiger partial charge in [0.05, 0.1) is 0 Å². The number of hydrogen-bond donors (Lipinski definition) is 2. The van der Waals surface area contributed by atoms with Crippen molar-refractivity contribution in [1.82, 2.24) is 5.32 Å². The smallest absolute Gasteiger partial charge is 0.339 e. The van der Waals surface area contributed by atoms with Crippen molar-refractivity contribution < 1.29 is 23.8 Å². The topological polar surface area (TPSA) is 106 Å². The van der Waals surface area contributed by atoms with Gasteiger partial charge in [0, 0.05) is 16.5 Å². The molecule has 0 saturated carbocycles. The average molecular weight is 389 g/mol. The number of ether oxygens (including phenoxy) is 1. The molecule has 1 heterocycles. The lowest BCUT2D eigenvalue weighted by molar-refractivity contribution is -0.143. The van der Waals surface area contributed by atoms with Crippen LogP contribution in [-0.2, 0) is 9.59 Å². The summed E-state index contributed by atoms with van der Waals surface area (Å²) in [6.07, 6.45) is 1.00. The first-order chi connectivity index (χ1) is 13.2. The van der Waals surface area contributed by atoms with Crippen LogP contribution in [0, 0.1) is 20.8 Å². The molecule has 0 saturated heterocycles. The Morgan fingerprint density at radius 3 is 2.46 bits per heavy atom. The van der Waals surface area contributed by atoms with Gasteiger partial charge in [-0.05, 0) is 51.8 Å². The van der Waals surface area contributed by atoms with E-state index in [4.69, 9.17) is 9.15 Å². The van der Waals surface area contributed by atoms with Gasteiger partial charge < -0.3 is 19.6 Å². The first-order valence-corrected chi connectivity index (χ1v) is 9.40. The Hall–Kier alpha value is -2.83. The van der Waals surface area contributed by atoms with Gasteiger partial charge in [-0.15, -0.1) is 0 Å². The van der Waals surface area contributed by atoms with Crippen LogP contribution in [0.5, 0.6) is 5.75 Å². The fourth-order valence-electron chi connectivity index (χ4n) is 2.95. The van der Waals surface area contributed by atoms with E-state index in [1.807, 2.05) is 13.8 Å². The maximum Gasteiger partial charge on any atom is 0.339 e. The molecule has 0 bridgehead atoms. The summed E-state index contributed by atoms with van der Waals surface area (Å²) in [6.45, 7) is 8.82. The van der Waals surface area contributed by atoms with Gasteiger partial charge in [-0.25, -0.2) is 9.59 Å². The monoisotopic (exact) mass is 389 g/mol. The van der Waals surface area contributed by atoms with Crippen LogP contribution in [0.4, 0.5) is 0 Å². The highest BCUT2D eigenvalue weighted by molar-refractivity contribution is 5.87. The predicted octanol–water partition coefficient (Wildman–Crippen LogP) is 3.25. The molecular weight excluding hydrogens is 362 g/mol. The summed E-state index contributed by atoms with van der Waals surface area (Å²) >= 11 is 0. The molecule has 1 aromatic heterocycles. The van der Waals surface area contributed by atoms with Gasteiger partial charge in [-0.3, -0.25) is 4.79 Å². The summed E-state index contributed by atoms with van der Waals surface area (Å²) in [5, 5.41) is 12.6. The molecule has 0 fully saturated rings. The Kier molecular flexibility index (Phi) is 6.83. The largest absolute Gasteiger partial charge is 0.480 e. The maximum absolute atomic E-state index is 12.4. The summed E-state index contributed by atoms with van der Waals surface area (Å²) < 4.78 is 11.2. The molecule has 0 aliphatic carbocycles. The van der Waals surface area contributed by atoms with E-state index in [9.17, 15) is 19.5 Å². The molecule has 2 aromatic rings. The molecular formula is C21H27NO6. The van der Waals surface area contributed by atoms with E-state index in [2.05, 4.69) is 5.32 Å². The summed E-state index contributed by atoms with van der Waals surface area (Å²) in [7, 11) is 0. The van der Waals surface area contributed by atoms with Gasteiger partial charge in [0.15, 0.2) is 6.10 Å². The molecule has 1 amide bonds. The van der Waals surface area contributed by atoms with Gasteiger partial charge >= 0.3 is 11.6 Å². The Morgan fingerprint density at radius 1 is 1.18 bits per heavy atom. The lowest BCUT2D eigenvalue weighted by Crippen LogP contribution is -2.46. The third-order valence-electron chi connectivity index (χ3n) is 4.96. The van der Waals surface area contributed by atoms with Crippen molar-refractivity contribution >= 4 is 22.8 Å². The fraction of sp³-hybridized carbons (Fsp3) is 0.476. The Bertz CT molecular complexity index is 946. The average Bonchev–Trinajstić information content (AvgIpc) is 2.65. The third kappa shape index (κ3) is 4.52. The van der Waals surface area contributed by atoms with Crippen LogP contribution in [0.1, 0.15) is 49.8 Å². The van der Waals surface area contributed by atoms with Crippen LogP contribution in [0.25, 0.3) is 11.0 Å². The summed E-state index contributed by atoms with van der Waals surface area (Å²) in [5.74, 6) is -1.17. The SMILES string of the molecule is CCCCC(NC(=O)C(C)Oc1ccc2c(C)c(C)c(=O)oc2c1C)C(=O)O. The van der Waals surface area contributed by atoms with E-state index in [1.54, 1.807) is 32.9 Å². The van der Waals surface area contributed by atoms with Crippen LogP contribution >= 0.6 is 0 Å². The third-order valence-corrected chi connectivity index (χ3v) is 4.96. The zero-order chi connectivity index (χ0) is 21.0. The molecule has 152 valence electrons. The van der Waals surface area contributed by atoms with Crippen molar-refractivity contribution in [2.45, 2.75) is 66.0 Å². The number of carboxylic acid groups (broad SMARTS) is 1. The van der Waals surface area contributed by atoms with Gasteiger partial charge in [0.25, 0.3) is 5.91 Å². The lowest BCUT2D eigenvalue weighted by Gasteiger charge is -2.20. The molecule has 0 aliphatic rings. The predicted molar refractivity (Wildman–Crippen MR) is 106 cm³/mol. The molecule has 0 aliphatic heterocycles. The second-order valence-electron chi connectivity index (χ2n) is 7.01.